The standard InChI is InChI=1S/C15H12ClN3O2/c1-2-10-5-3-4-6-11(10)12(9-17)15-13(19(20)21)7-8-14(16)18-15/h3-8,12H,2H2,1H3. The van der Waals surface area contributed by atoms with E-state index < -0.39 is 10.8 Å². The highest BCUT2D eigenvalue weighted by Crippen LogP contribution is 2.32. The molecule has 0 amide bonds. The lowest BCUT2D eigenvalue weighted by Crippen LogP contribution is -2.08. The lowest BCUT2D eigenvalue weighted by Gasteiger charge is -2.13. The van der Waals surface area contributed by atoms with Crippen LogP contribution in [-0.2, 0) is 6.42 Å². The first kappa shape index (κ1) is 14.9. The van der Waals surface area contributed by atoms with Crippen LogP contribution >= 0.6 is 11.6 Å². The summed E-state index contributed by atoms with van der Waals surface area (Å²) in [5.74, 6) is -0.819. The van der Waals surface area contributed by atoms with Gasteiger partial charge in [-0.2, -0.15) is 5.26 Å². The smallest absolute Gasteiger partial charge is 0.258 e. The first-order valence-corrected chi connectivity index (χ1v) is 6.74. The summed E-state index contributed by atoms with van der Waals surface area (Å²) in [6.45, 7) is 1.97. The largest absolute Gasteiger partial charge is 0.292 e. The third-order valence-electron chi connectivity index (χ3n) is 3.21. The summed E-state index contributed by atoms with van der Waals surface area (Å²) in [7, 11) is 0. The van der Waals surface area contributed by atoms with Crippen LogP contribution in [0.15, 0.2) is 36.4 Å². The first-order chi connectivity index (χ1) is 10.1. The number of nitro groups is 1. The lowest BCUT2D eigenvalue weighted by atomic mass is 9.90. The molecule has 1 unspecified atom stereocenters. The second kappa shape index (κ2) is 6.33. The second-order valence-electron chi connectivity index (χ2n) is 4.41. The van der Waals surface area contributed by atoms with Gasteiger partial charge in [0.1, 0.15) is 16.8 Å². The average Bonchev–Trinajstić information content (AvgIpc) is 2.48. The minimum Gasteiger partial charge on any atom is -0.258 e. The molecular formula is C15H12ClN3O2. The van der Waals surface area contributed by atoms with E-state index in [4.69, 9.17) is 11.6 Å². The van der Waals surface area contributed by atoms with E-state index in [2.05, 4.69) is 11.1 Å². The van der Waals surface area contributed by atoms with Crippen LogP contribution in [0.25, 0.3) is 0 Å². The van der Waals surface area contributed by atoms with Gasteiger partial charge in [-0.05, 0) is 23.6 Å². The van der Waals surface area contributed by atoms with Crippen molar-refractivity contribution in [2.45, 2.75) is 19.3 Å². The summed E-state index contributed by atoms with van der Waals surface area (Å²) < 4.78 is 0. The van der Waals surface area contributed by atoms with Crippen LogP contribution in [0.4, 0.5) is 5.69 Å². The molecule has 0 saturated carbocycles. The van der Waals surface area contributed by atoms with Crippen molar-refractivity contribution in [3.8, 4) is 6.07 Å². The van der Waals surface area contributed by atoms with Gasteiger partial charge in [0.25, 0.3) is 5.69 Å². The van der Waals surface area contributed by atoms with Crippen molar-refractivity contribution in [1.29, 1.82) is 5.26 Å². The number of nitriles is 1. The Kier molecular flexibility index (Phi) is 4.51. The molecule has 5 nitrogen and oxygen atoms in total. The molecule has 0 N–H and O–H groups in total. The minimum atomic E-state index is -0.819. The van der Waals surface area contributed by atoms with Crippen molar-refractivity contribution in [1.82, 2.24) is 4.98 Å². The molecule has 0 bridgehead atoms. The molecule has 1 aromatic heterocycles. The van der Waals surface area contributed by atoms with Crippen molar-refractivity contribution in [3.05, 3.63) is 68.5 Å². The van der Waals surface area contributed by atoms with Gasteiger partial charge in [0.15, 0.2) is 0 Å². The zero-order chi connectivity index (χ0) is 15.4. The van der Waals surface area contributed by atoms with Crippen LogP contribution in [0.3, 0.4) is 0 Å². The molecule has 0 saturated heterocycles. The highest BCUT2D eigenvalue weighted by Gasteiger charge is 2.27. The fourth-order valence-electron chi connectivity index (χ4n) is 2.23. The number of rotatable bonds is 4. The van der Waals surface area contributed by atoms with Gasteiger partial charge in [-0.1, -0.05) is 42.8 Å². The van der Waals surface area contributed by atoms with E-state index >= 15 is 0 Å². The Morgan fingerprint density at radius 3 is 2.71 bits per heavy atom. The number of aryl methyl sites for hydroxylation is 1. The predicted octanol–water partition coefficient (Wildman–Crippen LogP) is 3.86. The Labute approximate surface area is 127 Å². The van der Waals surface area contributed by atoms with E-state index in [1.54, 1.807) is 12.1 Å². The van der Waals surface area contributed by atoms with Gasteiger partial charge >= 0.3 is 0 Å². The maximum Gasteiger partial charge on any atom is 0.292 e. The molecule has 0 aliphatic rings. The van der Waals surface area contributed by atoms with Crippen molar-refractivity contribution >= 4 is 17.3 Å². The Bertz CT molecular complexity index is 725. The molecule has 21 heavy (non-hydrogen) atoms. The Hall–Kier alpha value is -2.45. The molecule has 2 aromatic rings. The molecule has 1 heterocycles. The van der Waals surface area contributed by atoms with Gasteiger partial charge in [-0.3, -0.25) is 10.1 Å². The number of nitrogens with zero attached hydrogens (tertiary/aromatic N) is 3. The van der Waals surface area contributed by atoms with Gasteiger partial charge in [-0.15, -0.1) is 0 Å². The summed E-state index contributed by atoms with van der Waals surface area (Å²) in [6.07, 6.45) is 0.725. The molecule has 6 heteroatoms. The van der Waals surface area contributed by atoms with Crippen LogP contribution in [0.2, 0.25) is 5.15 Å². The Morgan fingerprint density at radius 1 is 1.38 bits per heavy atom. The Balaban J connectivity index is 2.65. The lowest BCUT2D eigenvalue weighted by molar-refractivity contribution is -0.386. The number of benzene rings is 1. The monoisotopic (exact) mass is 301 g/mol. The van der Waals surface area contributed by atoms with Crippen LogP contribution in [0.1, 0.15) is 29.7 Å². The van der Waals surface area contributed by atoms with Gasteiger partial charge in [0.05, 0.1) is 11.0 Å². The van der Waals surface area contributed by atoms with Crippen LogP contribution in [-0.4, -0.2) is 9.91 Å². The molecule has 1 atom stereocenters. The highest BCUT2D eigenvalue weighted by molar-refractivity contribution is 6.29. The van der Waals surface area contributed by atoms with Gasteiger partial charge in [0, 0.05) is 6.07 Å². The van der Waals surface area contributed by atoms with Crippen molar-refractivity contribution in [3.63, 3.8) is 0 Å². The van der Waals surface area contributed by atoms with Crippen LogP contribution in [0, 0.1) is 21.4 Å². The molecule has 0 radical (unpaired) electrons. The maximum absolute atomic E-state index is 11.2. The van der Waals surface area contributed by atoms with E-state index in [0.29, 0.717) is 0 Å². The summed E-state index contributed by atoms with van der Waals surface area (Å²) in [6, 6.07) is 12.1. The number of hydrogen-bond acceptors (Lipinski definition) is 4. The summed E-state index contributed by atoms with van der Waals surface area (Å²) in [4.78, 5) is 14.6. The van der Waals surface area contributed by atoms with Crippen molar-refractivity contribution < 1.29 is 4.92 Å². The SMILES string of the molecule is CCc1ccccc1C(C#N)c1nc(Cl)ccc1[N+](=O)[O-]. The molecule has 0 aliphatic heterocycles. The first-order valence-electron chi connectivity index (χ1n) is 6.36. The molecule has 2 rings (SSSR count). The fraction of sp³-hybridized carbons (Fsp3) is 0.200. The van der Waals surface area contributed by atoms with Crippen molar-refractivity contribution in [2.75, 3.05) is 0 Å². The fourth-order valence-corrected chi connectivity index (χ4v) is 2.38. The van der Waals surface area contributed by atoms with Gasteiger partial charge in [-0.25, -0.2) is 4.98 Å². The quantitative estimate of drug-likeness (QED) is 0.488. The zero-order valence-corrected chi connectivity index (χ0v) is 12.0. The molecular weight excluding hydrogens is 290 g/mol. The highest BCUT2D eigenvalue weighted by atomic mass is 35.5. The third kappa shape index (κ3) is 3.01. The second-order valence-corrected chi connectivity index (χ2v) is 4.80. The van der Waals surface area contributed by atoms with E-state index in [9.17, 15) is 15.4 Å². The number of hydrogen-bond donors (Lipinski definition) is 0. The maximum atomic E-state index is 11.2. The normalized spacial score (nSPS) is 11.7. The molecule has 0 spiro atoms. The predicted molar refractivity (Wildman–Crippen MR) is 79.2 cm³/mol. The average molecular weight is 302 g/mol. The van der Waals surface area contributed by atoms with Crippen LogP contribution < -0.4 is 0 Å². The topological polar surface area (TPSA) is 79.8 Å². The van der Waals surface area contributed by atoms with E-state index in [-0.39, 0.29) is 16.5 Å². The third-order valence-corrected chi connectivity index (χ3v) is 3.43. The number of halogens is 1. The van der Waals surface area contributed by atoms with Crippen molar-refractivity contribution in [2.24, 2.45) is 0 Å². The van der Waals surface area contributed by atoms with E-state index in [1.807, 2.05) is 19.1 Å². The van der Waals surface area contributed by atoms with E-state index in [0.717, 1.165) is 17.5 Å². The Morgan fingerprint density at radius 2 is 2.10 bits per heavy atom. The molecule has 0 aliphatic carbocycles. The minimum absolute atomic E-state index is 0.0795. The zero-order valence-electron chi connectivity index (χ0n) is 11.3. The molecule has 0 fully saturated rings. The van der Waals surface area contributed by atoms with E-state index in [1.165, 1.54) is 12.1 Å². The summed E-state index contributed by atoms with van der Waals surface area (Å²) in [5, 5.41) is 20.8. The molecule has 106 valence electrons. The van der Waals surface area contributed by atoms with Gasteiger partial charge < -0.3 is 0 Å². The number of aromatic nitrogens is 1. The van der Waals surface area contributed by atoms with Gasteiger partial charge in [0.2, 0.25) is 0 Å². The van der Waals surface area contributed by atoms with Crippen LogP contribution in [0.5, 0.6) is 0 Å². The summed E-state index contributed by atoms with van der Waals surface area (Å²) in [5.41, 5.74) is 1.56. The molecule has 1 aromatic carbocycles. The number of pyridine rings is 1. The summed E-state index contributed by atoms with van der Waals surface area (Å²) >= 11 is 5.84.